The Bertz CT molecular complexity index is 348. The van der Waals surface area contributed by atoms with E-state index in [9.17, 15) is 9.59 Å². The summed E-state index contributed by atoms with van der Waals surface area (Å²) in [6, 6.07) is -0.477. The zero-order valence-corrected chi connectivity index (χ0v) is 13.1. The molecule has 1 aliphatic rings. The topological polar surface area (TPSA) is 61.4 Å². The monoisotopic (exact) mass is 269 g/mol. The molecule has 0 spiro atoms. The summed E-state index contributed by atoms with van der Waals surface area (Å²) >= 11 is 0. The van der Waals surface area contributed by atoms with Crippen molar-refractivity contribution in [3.8, 4) is 0 Å². The van der Waals surface area contributed by atoms with E-state index in [0.717, 1.165) is 0 Å². The number of amides is 2. The van der Waals surface area contributed by atoms with Gasteiger partial charge in [0.25, 0.3) is 0 Å². The second kappa shape index (κ2) is 5.49. The Morgan fingerprint density at radius 1 is 1.16 bits per heavy atom. The van der Waals surface area contributed by atoms with Crippen LogP contribution < -0.4 is 10.6 Å². The van der Waals surface area contributed by atoms with Crippen molar-refractivity contribution in [2.75, 3.05) is 21.1 Å². The molecular weight excluding hydrogens is 242 g/mol. The van der Waals surface area contributed by atoms with Gasteiger partial charge >= 0.3 is 0 Å². The molecule has 0 bridgehead atoms. The van der Waals surface area contributed by atoms with Gasteiger partial charge in [-0.1, -0.05) is 27.7 Å². The molecule has 1 saturated carbocycles. The minimum absolute atomic E-state index is 0.0419. The molecule has 0 heterocycles. The van der Waals surface area contributed by atoms with Gasteiger partial charge in [0.15, 0.2) is 0 Å². The van der Waals surface area contributed by atoms with Gasteiger partial charge in [-0.2, -0.15) is 0 Å². The van der Waals surface area contributed by atoms with Crippen LogP contribution in [0.5, 0.6) is 0 Å². The standard InChI is InChI=1S/C14H27N3O2/c1-8(2)11(12(18)15-5)16-13(19)14(17(6)7)9(3)10(14)4/h8-11H,1-7H3,(H,15,18)(H,16,19)/t9?,10?,11-,14?/m1/s1. The van der Waals surface area contributed by atoms with Crippen LogP contribution in [0, 0.1) is 17.8 Å². The van der Waals surface area contributed by atoms with Crippen LogP contribution >= 0.6 is 0 Å². The largest absolute Gasteiger partial charge is 0.357 e. The van der Waals surface area contributed by atoms with E-state index >= 15 is 0 Å². The molecule has 1 rings (SSSR count). The van der Waals surface area contributed by atoms with Gasteiger partial charge in [-0.25, -0.2) is 0 Å². The van der Waals surface area contributed by atoms with Crippen molar-refractivity contribution in [3.05, 3.63) is 0 Å². The predicted octanol–water partition coefficient (Wildman–Crippen LogP) is 0.459. The molecule has 3 atom stereocenters. The zero-order chi connectivity index (χ0) is 15.0. The van der Waals surface area contributed by atoms with Crippen molar-refractivity contribution in [1.29, 1.82) is 0 Å². The van der Waals surface area contributed by atoms with Gasteiger partial charge < -0.3 is 10.6 Å². The fourth-order valence-electron chi connectivity index (χ4n) is 3.13. The summed E-state index contributed by atoms with van der Waals surface area (Å²) < 4.78 is 0. The molecule has 5 heteroatoms. The highest BCUT2D eigenvalue weighted by Crippen LogP contribution is 2.53. The fraction of sp³-hybridized carbons (Fsp3) is 0.857. The number of carbonyl (C=O) groups is 2. The Labute approximate surface area is 116 Å². The maximum absolute atomic E-state index is 12.6. The summed E-state index contributed by atoms with van der Waals surface area (Å²) in [5.74, 6) is 0.491. The molecule has 1 fully saturated rings. The third-order valence-corrected chi connectivity index (χ3v) is 4.62. The highest BCUT2D eigenvalue weighted by Gasteiger charge is 2.66. The van der Waals surface area contributed by atoms with Crippen molar-refractivity contribution in [3.63, 3.8) is 0 Å². The van der Waals surface area contributed by atoms with Crippen LogP contribution in [-0.2, 0) is 9.59 Å². The zero-order valence-electron chi connectivity index (χ0n) is 13.1. The van der Waals surface area contributed by atoms with Crippen LogP contribution in [-0.4, -0.2) is 49.4 Å². The smallest absolute Gasteiger partial charge is 0.242 e. The van der Waals surface area contributed by atoms with E-state index in [4.69, 9.17) is 0 Å². The Kier molecular flexibility index (Phi) is 4.61. The number of hydrogen-bond donors (Lipinski definition) is 2. The van der Waals surface area contributed by atoms with Gasteiger partial charge in [-0.05, 0) is 31.8 Å². The molecule has 2 N–H and O–H groups in total. The van der Waals surface area contributed by atoms with E-state index in [1.807, 2.05) is 32.8 Å². The van der Waals surface area contributed by atoms with Crippen LogP contribution in [0.1, 0.15) is 27.7 Å². The molecule has 19 heavy (non-hydrogen) atoms. The molecule has 0 aromatic carbocycles. The molecule has 2 amide bonds. The van der Waals surface area contributed by atoms with Crippen LogP contribution in [0.15, 0.2) is 0 Å². The number of hydrogen-bond acceptors (Lipinski definition) is 3. The second-order valence-corrected chi connectivity index (χ2v) is 6.11. The number of likely N-dealkylation sites (N-methyl/N-ethyl adjacent to an activating group) is 2. The highest BCUT2D eigenvalue weighted by molar-refractivity contribution is 5.95. The van der Waals surface area contributed by atoms with Crippen molar-refractivity contribution in [2.24, 2.45) is 17.8 Å². The van der Waals surface area contributed by atoms with Gasteiger partial charge in [0.05, 0.1) is 0 Å². The molecule has 0 aromatic heterocycles. The molecule has 0 radical (unpaired) electrons. The SMILES string of the molecule is CNC(=O)[C@H](NC(=O)C1(N(C)C)C(C)C1C)C(C)C. The van der Waals surface area contributed by atoms with Crippen molar-refractivity contribution >= 4 is 11.8 Å². The summed E-state index contributed by atoms with van der Waals surface area (Å²) in [7, 11) is 5.43. The first kappa shape index (κ1) is 16.0. The highest BCUT2D eigenvalue weighted by atomic mass is 16.2. The number of carbonyl (C=O) groups excluding carboxylic acids is 2. The minimum Gasteiger partial charge on any atom is -0.357 e. The molecule has 0 aliphatic heterocycles. The normalized spacial score (nSPS) is 31.2. The molecule has 2 unspecified atom stereocenters. The van der Waals surface area contributed by atoms with Crippen molar-refractivity contribution in [1.82, 2.24) is 15.5 Å². The first-order valence-corrected chi connectivity index (χ1v) is 6.91. The fourth-order valence-corrected chi connectivity index (χ4v) is 3.13. The Morgan fingerprint density at radius 3 is 1.89 bits per heavy atom. The third kappa shape index (κ3) is 2.48. The van der Waals surface area contributed by atoms with Gasteiger partial charge in [-0.3, -0.25) is 14.5 Å². The third-order valence-electron chi connectivity index (χ3n) is 4.62. The van der Waals surface area contributed by atoms with Gasteiger partial charge in [0, 0.05) is 7.05 Å². The van der Waals surface area contributed by atoms with Crippen LogP contribution in [0.25, 0.3) is 0 Å². The summed E-state index contributed by atoms with van der Waals surface area (Å²) in [4.78, 5) is 26.4. The first-order chi connectivity index (χ1) is 8.71. The maximum atomic E-state index is 12.6. The first-order valence-electron chi connectivity index (χ1n) is 6.91. The molecule has 0 aromatic rings. The Balaban J connectivity index is 2.86. The lowest BCUT2D eigenvalue weighted by Crippen LogP contribution is -2.56. The summed E-state index contributed by atoms with van der Waals surface area (Å²) in [6.45, 7) is 8.02. The van der Waals surface area contributed by atoms with E-state index in [-0.39, 0.29) is 17.7 Å². The molecule has 110 valence electrons. The number of nitrogens with zero attached hydrogens (tertiary/aromatic N) is 1. The van der Waals surface area contributed by atoms with Crippen LogP contribution in [0.4, 0.5) is 0 Å². The van der Waals surface area contributed by atoms with E-state index in [1.54, 1.807) is 7.05 Å². The summed E-state index contributed by atoms with van der Waals surface area (Å²) in [6.07, 6.45) is 0. The summed E-state index contributed by atoms with van der Waals surface area (Å²) in [5, 5.41) is 5.53. The lowest BCUT2D eigenvalue weighted by atomic mass is 10.0. The van der Waals surface area contributed by atoms with E-state index in [1.165, 1.54) is 0 Å². The van der Waals surface area contributed by atoms with Crippen LogP contribution in [0.2, 0.25) is 0 Å². The Hall–Kier alpha value is -1.10. The summed E-state index contributed by atoms with van der Waals surface area (Å²) in [5.41, 5.74) is -0.471. The van der Waals surface area contributed by atoms with Crippen LogP contribution in [0.3, 0.4) is 0 Å². The van der Waals surface area contributed by atoms with Gasteiger partial charge in [0.1, 0.15) is 11.6 Å². The second-order valence-electron chi connectivity index (χ2n) is 6.11. The lowest BCUT2D eigenvalue weighted by molar-refractivity contribution is -0.133. The van der Waals surface area contributed by atoms with Crippen molar-refractivity contribution < 1.29 is 9.59 Å². The number of nitrogens with one attached hydrogen (secondary N) is 2. The van der Waals surface area contributed by atoms with E-state index in [0.29, 0.717) is 11.8 Å². The van der Waals surface area contributed by atoms with Gasteiger partial charge in [-0.15, -0.1) is 0 Å². The Morgan fingerprint density at radius 2 is 1.63 bits per heavy atom. The predicted molar refractivity (Wildman–Crippen MR) is 75.6 cm³/mol. The molecule has 1 aliphatic carbocycles. The van der Waals surface area contributed by atoms with E-state index < -0.39 is 11.6 Å². The lowest BCUT2D eigenvalue weighted by Gasteiger charge is -2.29. The maximum Gasteiger partial charge on any atom is 0.242 e. The average molecular weight is 269 g/mol. The molecular formula is C14H27N3O2. The molecule has 5 nitrogen and oxygen atoms in total. The number of rotatable bonds is 5. The van der Waals surface area contributed by atoms with Crippen molar-refractivity contribution in [2.45, 2.75) is 39.3 Å². The van der Waals surface area contributed by atoms with Gasteiger partial charge in [0.2, 0.25) is 11.8 Å². The van der Waals surface area contributed by atoms with E-state index in [2.05, 4.69) is 24.5 Å². The molecule has 0 saturated heterocycles. The minimum atomic E-state index is -0.477. The average Bonchev–Trinajstić information content (AvgIpc) is 2.88. The quantitative estimate of drug-likeness (QED) is 0.762.